The number of hydrogen-bond donors (Lipinski definition) is 2. The van der Waals surface area contributed by atoms with Gasteiger partial charge in [-0.25, -0.2) is 0 Å². The number of thioether (sulfide) groups is 1. The molecule has 32 heavy (non-hydrogen) atoms. The Hall–Kier alpha value is -2.38. The number of aromatic nitrogens is 2. The fourth-order valence-corrected chi connectivity index (χ4v) is 5.47. The molecule has 0 saturated heterocycles. The molecule has 0 bridgehead atoms. The second-order valence-corrected chi connectivity index (χ2v) is 9.93. The molecule has 1 saturated carbocycles. The molecular weight excluding hydrogens is 438 g/mol. The largest absolute Gasteiger partial charge is 0.355 e. The Bertz CT molecular complexity index is 1170. The predicted molar refractivity (Wildman–Crippen MR) is 134 cm³/mol. The normalized spacial score (nSPS) is 18.5. The van der Waals surface area contributed by atoms with Gasteiger partial charge in [-0.1, -0.05) is 42.5 Å². The van der Waals surface area contributed by atoms with Gasteiger partial charge in [0, 0.05) is 30.5 Å². The van der Waals surface area contributed by atoms with Crippen LogP contribution in [0.25, 0.3) is 10.9 Å². The first-order valence-corrected chi connectivity index (χ1v) is 12.8. The van der Waals surface area contributed by atoms with E-state index < -0.39 is 0 Å². The molecule has 3 aromatic rings. The topological polar surface area (TPSA) is 66.9 Å². The minimum atomic E-state index is -0.0304. The van der Waals surface area contributed by atoms with Crippen LogP contribution in [0, 0.1) is 16.6 Å². The van der Waals surface area contributed by atoms with E-state index in [1.165, 1.54) is 5.56 Å². The molecule has 168 valence electrons. The van der Waals surface area contributed by atoms with E-state index in [1.54, 1.807) is 4.57 Å². The van der Waals surface area contributed by atoms with Gasteiger partial charge in [0.2, 0.25) is 5.91 Å². The summed E-state index contributed by atoms with van der Waals surface area (Å²) in [6.45, 7) is 1.32. The van der Waals surface area contributed by atoms with Crippen molar-refractivity contribution in [2.75, 3.05) is 12.3 Å². The fourth-order valence-electron chi connectivity index (χ4n) is 4.39. The SMILES string of the molecule is O=C(NCCSCc1ccccc1)C1CCC(Cn2c(=S)[nH]c3ccccc3c2=O)CC1. The van der Waals surface area contributed by atoms with Crippen LogP contribution >= 0.6 is 24.0 Å². The van der Waals surface area contributed by atoms with E-state index in [2.05, 4.69) is 34.6 Å². The lowest BCUT2D eigenvalue weighted by molar-refractivity contribution is -0.126. The Balaban J connectivity index is 1.22. The van der Waals surface area contributed by atoms with Crippen LogP contribution in [0.15, 0.2) is 59.4 Å². The van der Waals surface area contributed by atoms with Gasteiger partial charge in [0.1, 0.15) is 0 Å². The van der Waals surface area contributed by atoms with Crippen molar-refractivity contribution in [1.29, 1.82) is 0 Å². The molecule has 5 nitrogen and oxygen atoms in total. The highest BCUT2D eigenvalue weighted by Crippen LogP contribution is 2.30. The summed E-state index contributed by atoms with van der Waals surface area (Å²) in [6, 6.07) is 17.9. The molecule has 7 heteroatoms. The van der Waals surface area contributed by atoms with Crippen molar-refractivity contribution in [1.82, 2.24) is 14.9 Å². The number of hydrogen-bond acceptors (Lipinski definition) is 4. The molecule has 0 unspecified atom stereocenters. The third-order valence-electron chi connectivity index (χ3n) is 6.20. The molecule has 1 fully saturated rings. The van der Waals surface area contributed by atoms with E-state index in [9.17, 15) is 9.59 Å². The zero-order valence-corrected chi connectivity index (χ0v) is 19.7. The summed E-state index contributed by atoms with van der Waals surface area (Å²) in [5.74, 6) is 2.50. The number of benzene rings is 2. The molecule has 0 spiro atoms. The van der Waals surface area contributed by atoms with E-state index in [1.807, 2.05) is 42.1 Å². The zero-order chi connectivity index (χ0) is 22.3. The van der Waals surface area contributed by atoms with E-state index in [-0.39, 0.29) is 17.4 Å². The van der Waals surface area contributed by atoms with Crippen LogP contribution < -0.4 is 10.9 Å². The Morgan fingerprint density at radius 1 is 1.06 bits per heavy atom. The van der Waals surface area contributed by atoms with Gasteiger partial charge in [-0.2, -0.15) is 11.8 Å². The molecule has 0 atom stereocenters. The number of fused-ring (bicyclic) bond motifs is 1. The van der Waals surface area contributed by atoms with Gasteiger partial charge in [-0.05, 0) is 61.5 Å². The molecule has 4 rings (SSSR count). The lowest BCUT2D eigenvalue weighted by Gasteiger charge is -2.28. The van der Waals surface area contributed by atoms with Crippen molar-refractivity contribution in [3.8, 4) is 0 Å². The summed E-state index contributed by atoms with van der Waals surface area (Å²) >= 11 is 7.28. The highest BCUT2D eigenvalue weighted by atomic mass is 32.2. The van der Waals surface area contributed by atoms with Gasteiger partial charge in [0.15, 0.2) is 4.77 Å². The van der Waals surface area contributed by atoms with Crippen LogP contribution in [-0.4, -0.2) is 27.8 Å². The van der Waals surface area contributed by atoms with E-state index in [4.69, 9.17) is 12.2 Å². The number of carbonyl (C=O) groups is 1. The quantitative estimate of drug-likeness (QED) is 0.365. The molecule has 1 aromatic heterocycles. The average molecular weight is 468 g/mol. The summed E-state index contributed by atoms with van der Waals surface area (Å²) in [5.41, 5.74) is 2.06. The summed E-state index contributed by atoms with van der Waals surface area (Å²) < 4.78 is 2.16. The van der Waals surface area contributed by atoms with Gasteiger partial charge >= 0.3 is 0 Å². The van der Waals surface area contributed by atoms with Gasteiger partial charge in [-0.3, -0.25) is 14.2 Å². The molecule has 2 N–H and O–H groups in total. The summed E-state index contributed by atoms with van der Waals surface area (Å²) in [7, 11) is 0. The lowest BCUT2D eigenvalue weighted by atomic mass is 9.81. The molecule has 1 amide bonds. The highest BCUT2D eigenvalue weighted by molar-refractivity contribution is 7.98. The number of aromatic amines is 1. The van der Waals surface area contributed by atoms with E-state index in [0.29, 0.717) is 29.2 Å². The van der Waals surface area contributed by atoms with Crippen LogP contribution in [-0.2, 0) is 17.1 Å². The van der Waals surface area contributed by atoms with Crippen LogP contribution in [0.3, 0.4) is 0 Å². The van der Waals surface area contributed by atoms with Gasteiger partial charge < -0.3 is 10.3 Å². The van der Waals surface area contributed by atoms with Crippen LogP contribution in [0.4, 0.5) is 0 Å². The molecule has 0 aliphatic heterocycles. The van der Waals surface area contributed by atoms with Gasteiger partial charge in [0.25, 0.3) is 5.56 Å². The Kier molecular flexibility index (Phi) is 7.81. The van der Waals surface area contributed by atoms with Crippen molar-refractivity contribution in [3.05, 3.63) is 75.3 Å². The molecular formula is C25H29N3O2S2. The smallest absolute Gasteiger partial charge is 0.262 e. The Morgan fingerprint density at radius 2 is 1.78 bits per heavy atom. The number of nitrogens with zero attached hydrogens (tertiary/aromatic N) is 1. The fraction of sp³-hybridized carbons (Fsp3) is 0.400. The van der Waals surface area contributed by atoms with Crippen molar-refractivity contribution in [2.45, 2.75) is 38.0 Å². The van der Waals surface area contributed by atoms with Gasteiger partial charge in [-0.15, -0.1) is 0 Å². The maximum atomic E-state index is 12.9. The molecule has 1 aliphatic rings. The van der Waals surface area contributed by atoms with Crippen molar-refractivity contribution >= 4 is 40.8 Å². The summed E-state index contributed by atoms with van der Waals surface area (Å²) in [4.78, 5) is 28.6. The number of amides is 1. The third-order valence-corrected chi connectivity index (χ3v) is 7.56. The maximum absolute atomic E-state index is 12.9. The van der Waals surface area contributed by atoms with Gasteiger partial charge in [0.05, 0.1) is 10.9 Å². The number of H-pyrrole nitrogens is 1. The summed E-state index contributed by atoms with van der Waals surface area (Å²) in [5, 5.41) is 3.77. The highest BCUT2D eigenvalue weighted by Gasteiger charge is 2.26. The average Bonchev–Trinajstić information content (AvgIpc) is 2.82. The monoisotopic (exact) mass is 467 g/mol. The van der Waals surface area contributed by atoms with Crippen molar-refractivity contribution in [3.63, 3.8) is 0 Å². The standard InChI is InChI=1S/C25H29N3O2S2/c29-23(26-14-15-32-17-19-6-2-1-3-7-19)20-12-10-18(11-13-20)16-28-24(30)21-8-4-5-9-22(21)27-25(28)31/h1-9,18,20H,10-17H2,(H,26,29)(H,27,31). The van der Waals surface area contributed by atoms with Crippen LogP contribution in [0.1, 0.15) is 31.2 Å². The molecule has 1 aliphatic carbocycles. The number of rotatable bonds is 8. The first-order valence-electron chi connectivity index (χ1n) is 11.2. The second-order valence-electron chi connectivity index (χ2n) is 8.44. The minimum Gasteiger partial charge on any atom is -0.355 e. The minimum absolute atomic E-state index is 0.0304. The predicted octanol–water partition coefficient (Wildman–Crippen LogP) is 4.92. The number of carbonyl (C=O) groups excluding carboxylic acids is 1. The van der Waals surface area contributed by atoms with Crippen LogP contribution in [0.5, 0.6) is 0 Å². The first kappa shape index (κ1) is 22.8. The second kappa shape index (κ2) is 11.0. The van der Waals surface area contributed by atoms with Crippen molar-refractivity contribution < 1.29 is 4.79 Å². The van der Waals surface area contributed by atoms with E-state index >= 15 is 0 Å². The molecule has 2 aromatic carbocycles. The first-order chi connectivity index (χ1) is 15.6. The third kappa shape index (κ3) is 5.70. The molecule has 1 heterocycles. The zero-order valence-electron chi connectivity index (χ0n) is 18.1. The maximum Gasteiger partial charge on any atom is 0.262 e. The lowest BCUT2D eigenvalue weighted by Crippen LogP contribution is -2.35. The Morgan fingerprint density at radius 3 is 2.56 bits per heavy atom. The Labute approximate surface area is 197 Å². The molecule has 0 radical (unpaired) electrons. The number of para-hydroxylation sites is 1. The summed E-state index contributed by atoms with van der Waals surface area (Å²) in [6.07, 6.45) is 3.61. The van der Waals surface area contributed by atoms with Crippen molar-refractivity contribution in [2.24, 2.45) is 11.8 Å². The van der Waals surface area contributed by atoms with Crippen LogP contribution in [0.2, 0.25) is 0 Å². The van der Waals surface area contributed by atoms with E-state index in [0.717, 1.165) is 42.7 Å². The number of nitrogens with one attached hydrogen (secondary N) is 2.